The average molecular weight is 323 g/mol. The van der Waals surface area contributed by atoms with E-state index in [1.807, 2.05) is 31.4 Å². The molecule has 1 fully saturated rings. The Hall–Kier alpha value is -1.40. The summed E-state index contributed by atoms with van der Waals surface area (Å²) in [4.78, 5) is 26.6. The minimum atomic E-state index is -0.801. The molecule has 0 aliphatic carbocycles. The first kappa shape index (κ1) is 14.5. The molecule has 0 saturated carbocycles. The molecule has 0 radical (unpaired) electrons. The van der Waals surface area contributed by atoms with Crippen molar-refractivity contribution in [3.63, 3.8) is 0 Å². The van der Waals surface area contributed by atoms with Gasteiger partial charge in [0.1, 0.15) is 0 Å². The zero-order chi connectivity index (χ0) is 15.2. The van der Waals surface area contributed by atoms with Crippen LogP contribution in [0.3, 0.4) is 0 Å². The molecule has 3 rings (SSSR count). The van der Waals surface area contributed by atoms with Crippen molar-refractivity contribution >= 4 is 43.9 Å². The van der Waals surface area contributed by atoms with Crippen LogP contribution in [0, 0.1) is 11.3 Å². The van der Waals surface area contributed by atoms with Crippen molar-refractivity contribution < 1.29 is 14.7 Å². The van der Waals surface area contributed by atoms with E-state index in [0.717, 1.165) is 9.40 Å². The van der Waals surface area contributed by atoms with E-state index in [4.69, 9.17) is 0 Å². The van der Waals surface area contributed by atoms with Gasteiger partial charge in [0.15, 0.2) is 0 Å². The lowest BCUT2D eigenvalue weighted by atomic mass is 9.76. The highest BCUT2D eigenvalue weighted by Crippen LogP contribution is 2.39. The lowest BCUT2D eigenvalue weighted by Gasteiger charge is -2.28. The van der Waals surface area contributed by atoms with E-state index in [-0.39, 0.29) is 11.8 Å². The van der Waals surface area contributed by atoms with Gasteiger partial charge in [0.25, 0.3) is 5.91 Å². The van der Waals surface area contributed by atoms with Crippen LogP contribution in [0.4, 0.5) is 0 Å². The van der Waals surface area contributed by atoms with Gasteiger partial charge in [-0.15, -0.1) is 22.7 Å². The van der Waals surface area contributed by atoms with Crippen LogP contribution in [0.15, 0.2) is 17.5 Å². The smallest absolute Gasteiger partial charge is 0.311 e. The Kier molecular flexibility index (Phi) is 3.53. The second-order valence-electron chi connectivity index (χ2n) is 5.85. The molecular formula is C15H17NO3S2. The highest BCUT2D eigenvalue weighted by Gasteiger charge is 2.48. The molecule has 1 N–H and O–H groups in total. The number of amides is 1. The summed E-state index contributed by atoms with van der Waals surface area (Å²) in [6, 6.07) is 3.93. The molecule has 21 heavy (non-hydrogen) atoms. The summed E-state index contributed by atoms with van der Waals surface area (Å²) in [5.41, 5.74) is -0.801. The number of hydrogen-bond acceptors (Lipinski definition) is 4. The van der Waals surface area contributed by atoms with E-state index >= 15 is 0 Å². The van der Waals surface area contributed by atoms with E-state index in [1.54, 1.807) is 16.2 Å². The molecule has 3 heterocycles. The summed E-state index contributed by atoms with van der Waals surface area (Å²) in [5.74, 6) is -0.813. The molecule has 1 aliphatic heterocycles. The topological polar surface area (TPSA) is 57.6 Å². The third-order valence-electron chi connectivity index (χ3n) is 4.47. The summed E-state index contributed by atoms with van der Waals surface area (Å²) in [5, 5.41) is 11.6. The number of fused-ring (bicyclic) bond motifs is 1. The van der Waals surface area contributed by atoms with Crippen molar-refractivity contribution in [3.8, 4) is 0 Å². The van der Waals surface area contributed by atoms with E-state index in [2.05, 4.69) is 0 Å². The number of nitrogens with zero attached hydrogens (tertiary/aromatic N) is 1. The third-order valence-corrected chi connectivity index (χ3v) is 6.55. The fourth-order valence-electron chi connectivity index (χ4n) is 2.93. The number of rotatable bonds is 3. The number of likely N-dealkylation sites (tertiary alicyclic amines) is 1. The molecule has 1 unspecified atom stereocenters. The van der Waals surface area contributed by atoms with Gasteiger partial charge in [-0.1, -0.05) is 13.8 Å². The molecule has 6 heteroatoms. The van der Waals surface area contributed by atoms with E-state index in [1.165, 1.54) is 11.3 Å². The number of aliphatic carboxylic acids is 1. The molecule has 1 saturated heterocycles. The summed E-state index contributed by atoms with van der Waals surface area (Å²) in [6.45, 7) is 4.67. The van der Waals surface area contributed by atoms with E-state index in [9.17, 15) is 14.7 Å². The van der Waals surface area contributed by atoms with Gasteiger partial charge in [-0.25, -0.2) is 0 Å². The second-order valence-corrected chi connectivity index (χ2v) is 7.88. The Balaban J connectivity index is 1.83. The maximum absolute atomic E-state index is 12.6. The Bertz CT molecular complexity index is 674. The molecule has 2 aromatic heterocycles. The fourth-order valence-corrected chi connectivity index (χ4v) is 5.00. The molecule has 1 atom stereocenters. The van der Waals surface area contributed by atoms with Gasteiger partial charge in [0.05, 0.1) is 10.3 Å². The van der Waals surface area contributed by atoms with Crippen molar-refractivity contribution in [2.45, 2.75) is 20.3 Å². The van der Waals surface area contributed by atoms with Crippen LogP contribution in [0.5, 0.6) is 0 Å². The summed E-state index contributed by atoms with van der Waals surface area (Å²) < 4.78 is 2.24. The van der Waals surface area contributed by atoms with Gasteiger partial charge in [0.2, 0.25) is 0 Å². The highest BCUT2D eigenvalue weighted by molar-refractivity contribution is 7.27. The summed E-state index contributed by atoms with van der Waals surface area (Å²) in [6.07, 6.45) is 0.533. The average Bonchev–Trinajstić information content (AvgIpc) is 3.11. The maximum Gasteiger partial charge on any atom is 0.311 e. The largest absolute Gasteiger partial charge is 0.481 e. The number of thiophene rings is 2. The first-order valence-corrected chi connectivity index (χ1v) is 8.63. The molecule has 2 aromatic rings. The predicted molar refractivity (Wildman–Crippen MR) is 85.1 cm³/mol. The number of carboxylic acid groups (broad SMARTS) is 1. The Labute approximate surface area is 131 Å². The minimum absolute atomic E-state index is 0.0135. The van der Waals surface area contributed by atoms with E-state index in [0.29, 0.717) is 24.4 Å². The molecule has 0 bridgehead atoms. The quantitative estimate of drug-likeness (QED) is 0.940. The Morgan fingerprint density at radius 3 is 2.71 bits per heavy atom. The van der Waals surface area contributed by atoms with Gasteiger partial charge in [-0.2, -0.15) is 0 Å². The van der Waals surface area contributed by atoms with Crippen LogP contribution in [0.2, 0.25) is 0 Å². The zero-order valence-corrected chi connectivity index (χ0v) is 13.6. The van der Waals surface area contributed by atoms with Gasteiger partial charge >= 0.3 is 5.97 Å². The molecule has 0 spiro atoms. The number of hydrogen-bond donors (Lipinski definition) is 1. The van der Waals surface area contributed by atoms with Crippen molar-refractivity contribution in [3.05, 3.63) is 22.4 Å². The number of carbonyl (C=O) groups is 2. The van der Waals surface area contributed by atoms with Crippen LogP contribution >= 0.6 is 22.7 Å². The van der Waals surface area contributed by atoms with Crippen molar-refractivity contribution in [1.82, 2.24) is 4.90 Å². The van der Waals surface area contributed by atoms with Gasteiger partial charge in [-0.05, 0) is 29.9 Å². The van der Waals surface area contributed by atoms with Crippen molar-refractivity contribution in [2.75, 3.05) is 13.1 Å². The lowest BCUT2D eigenvalue weighted by Crippen LogP contribution is -2.40. The van der Waals surface area contributed by atoms with Crippen LogP contribution in [0.1, 0.15) is 29.9 Å². The first-order chi connectivity index (χ1) is 9.94. The van der Waals surface area contributed by atoms with Crippen molar-refractivity contribution in [2.24, 2.45) is 11.3 Å². The molecule has 1 amide bonds. The minimum Gasteiger partial charge on any atom is -0.481 e. The van der Waals surface area contributed by atoms with Gasteiger partial charge in [-0.3, -0.25) is 9.59 Å². The zero-order valence-electron chi connectivity index (χ0n) is 12.0. The first-order valence-electron chi connectivity index (χ1n) is 6.94. The standard InChI is InChI=1S/C15H17NO3S2/c1-9(2)15(14(18)19)4-5-16(8-15)13(17)12-7-11-10(21-12)3-6-20-11/h3,6-7,9H,4-5,8H2,1-2H3,(H,18,19). The molecule has 1 aliphatic rings. The van der Waals surface area contributed by atoms with Crippen LogP contribution in [-0.4, -0.2) is 35.0 Å². The van der Waals surface area contributed by atoms with Crippen LogP contribution < -0.4 is 0 Å². The van der Waals surface area contributed by atoms with Gasteiger partial charge in [0, 0.05) is 22.5 Å². The van der Waals surface area contributed by atoms with Gasteiger partial charge < -0.3 is 10.0 Å². The van der Waals surface area contributed by atoms with E-state index < -0.39 is 11.4 Å². The van der Waals surface area contributed by atoms with Crippen molar-refractivity contribution in [1.29, 1.82) is 0 Å². The molecule has 0 aromatic carbocycles. The molecule has 4 nitrogen and oxygen atoms in total. The fraction of sp³-hybridized carbons (Fsp3) is 0.467. The third kappa shape index (κ3) is 2.26. The van der Waals surface area contributed by atoms with Crippen LogP contribution in [0.25, 0.3) is 9.40 Å². The molecule has 112 valence electrons. The van der Waals surface area contributed by atoms with Crippen LogP contribution in [-0.2, 0) is 4.79 Å². The molecular weight excluding hydrogens is 306 g/mol. The normalized spacial score (nSPS) is 22.3. The maximum atomic E-state index is 12.6. The Morgan fingerprint density at radius 1 is 1.38 bits per heavy atom. The number of carbonyl (C=O) groups excluding carboxylic acids is 1. The Morgan fingerprint density at radius 2 is 2.14 bits per heavy atom. The lowest BCUT2D eigenvalue weighted by molar-refractivity contribution is -0.150. The second kappa shape index (κ2) is 5.10. The summed E-state index contributed by atoms with van der Waals surface area (Å²) >= 11 is 3.11. The number of carboxylic acids is 1. The SMILES string of the molecule is CC(C)C1(C(=O)O)CCN(C(=O)c2cc3sccc3s2)C1. The predicted octanol–water partition coefficient (Wildman–Crippen LogP) is 3.54. The highest BCUT2D eigenvalue weighted by atomic mass is 32.1. The summed E-state index contributed by atoms with van der Waals surface area (Å²) in [7, 11) is 0. The monoisotopic (exact) mass is 323 g/mol.